The summed E-state index contributed by atoms with van der Waals surface area (Å²) >= 11 is 1.48. The van der Waals surface area contributed by atoms with Gasteiger partial charge in [-0.3, -0.25) is 4.79 Å². The van der Waals surface area contributed by atoms with Gasteiger partial charge in [0.1, 0.15) is 4.88 Å². The molecule has 1 amide bonds. The molecule has 1 atom stereocenters. The molecule has 3 N–H and O–H groups in total. The standard InChI is InChI=1S/C16H20N2O2S/c1-10-2-3-12-13(8-10)21-15(14(12)17)16(20)18-6-4-11(9-18)5-7-19/h2-3,8,11,19H,4-7,9,17H2,1H3. The predicted molar refractivity (Wildman–Crippen MR) is 86.7 cm³/mol. The number of hydrogen-bond acceptors (Lipinski definition) is 4. The van der Waals surface area contributed by atoms with Crippen LogP contribution in [-0.2, 0) is 0 Å². The number of carbonyl (C=O) groups excluding carboxylic acids is 1. The third kappa shape index (κ3) is 2.63. The van der Waals surface area contributed by atoms with Gasteiger partial charge in [-0.2, -0.15) is 0 Å². The largest absolute Gasteiger partial charge is 0.397 e. The van der Waals surface area contributed by atoms with Crippen LogP contribution in [0, 0.1) is 12.8 Å². The van der Waals surface area contributed by atoms with Gasteiger partial charge in [0, 0.05) is 29.8 Å². The molecular weight excluding hydrogens is 284 g/mol. The monoisotopic (exact) mass is 304 g/mol. The first-order valence-corrected chi connectivity index (χ1v) is 8.10. The number of aryl methyl sites for hydroxylation is 1. The lowest BCUT2D eigenvalue weighted by Crippen LogP contribution is -2.28. The van der Waals surface area contributed by atoms with Crippen LogP contribution >= 0.6 is 11.3 Å². The minimum atomic E-state index is 0.0341. The molecule has 0 saturated carbocycles. The van der Waals surface area contributed by atoms with Crippen molar-refractivity contribution in [2.24, 2.45) is 5.92 Å². The molecule has 3 rings (SSSR count). The lowest BCUT2D eigenvalue weighted by molar-refractivity contribution is 0.0790. The van der Waals surface area contributed by atoms with Crippen molar-refractivity contribution < 1.29 is 9.90 Å². The van der Waals surface area contributed by atoms with E-state index in [0.29, 0.717) is 16.5 Å². The second-order valence-electron chi connectivity index (χ2n) is 5.76. The summed E-state index contributed by atoms with van der Waals surface area (Å²) in [6, 6.07) is 6.09. The van der Waals surface area contributed by atoms with Crippen LogP contribution in [0.25, 0.3) is 10.1 Å². The van der Waals surface area contributed by atoms with Crippen molar-refractivity contribution >= 4 is 33.0 Å². The van der Waals surface area contributed by atoms with Gasteiger partial charge in [-0.1, -0.05) is 12.1 Å². The van der Waals surface area contributed by atoms with Crippen molar-refractivity contribution in [1.82, 2.24) is 4.90 Å². The molecule has 1 aliphatic rings. The maximum absolute atomic E-state index is 12.7. The van der Waals surface area contributed by atoms with E-state index in [2.05, 4.69) is 6.07 Å². The molecule has 2 aromatic rings. The number of rotatable bonds is 3. The number of aliphatic hydroxyl groups is 1. The van der Waals surface area contributed by atoms with Crippen molar-refractivity contribution in [2.75, 3.05) is 25.4 Å². The fourth-order valence-corrected chi connectivity index (χ4v) is 4.15. The van der Waals surface area contributed by atoms with Crippen LogP contribution in [0.1, 0.15) is 28.1 Å². The molecule has 1 aliphatic heterocycles. The van der Waals surface area contributed by atoms with Crippen LogP contribution < -0.4 is 5.73 Å². The van der Waals surface area contributed by atoms with Gasteiger partial charge in [0.2, 0.25) is 0 Å². The summed E-state index contributed by atoms with van der Waals surface area (Å²) < 4.78 is 1.07. The van der Waals surface area contributed by atoms with Crippen LogP contribution in [0.15, 0.2) is 18.2 Å². The Balaban J connectivity index is 1.87. The predicted octanol–water partition coefficient (Wildman–Crippen LogP) is 2.64. The third-order valence-electron chi connectivity index (χ3n) is 4.19. The number of likely N-dealkylation sites (tertiary alicyclic amines) is 1. The van der Waals surface area contributed by atoms with Gasteiger partial charge in [0.25, 0.3) is 5.91 Å². The molecule has 4 nitrogen and oxygen atoms in total. The molecule has 1 saturated heterocycles. The SMILES string of the molecule is Cc1ccc2c(N)c(C(=O)N3CCC(CCO)C3)sc2c1. The molecule has 0 radical (unpaired) electrons. The number of hydrogen-bond donors (Lipinski definition) is 2. The summed E-state index contributed by atoms with van der Waals surface area (Å²) in [7, 11) is 0. The summed E-state index contributed by atoms with van der Waals surface area (Å²) in [6.07, 6.45) is 1.74. The maximum Gasteiger partial charge on any atom is 0.266 e. The minimum absolute atomic E-state index is 0.0341. The van der Waals surface area contributed by atoms with E-state index in [1.54, 1.807) is 0 Å². The molecule has 5 heteroatoms. The normalized spacial score (nSPS) is 18.6. The van der Waals surface area contributed by atoms with Crippen molar-refractivity contribution in [3.8, 4) is 0 Å². The highest BCUT2D eigenvalue weighted by Gasteiger charge is 2.29. The van der Waals surface area contributed by atoms with Gasteiger partial charge in [-0.05, 0) is 37.3 Å². The van der Waals surface area contributed by atoms with Crippen LogP contribution in [-0.4, -0.2) is 35.6 Å². The van der Waals surface area contributed by atoms with Crippen LogP contribution in [0.2, 0.25) is 0 Å². The molecule has 112 valence electrons. The van der Waals surface area contributed by atoms with Crippen LogP contribution in [0.3, 0.4) is 0 Å². The highest BCUT2D eigenvalue weighted by Crippen LogP contribution is 2.36. The number of benzene rings is 1. The highest BCUT2D eigenvalue weighted by atomic mass is 32.1. The van der Waals surface area contributed by atoms with Crippen LogP contribution in [0.4, 0.5) is 5.69 Å². The first kappa shape index (κ1) is 14.4. The van der Waals surface area contributed by atoms with E-state index in [0.717, 1.165) is 36.0 Å². The number of amides is 1. The molecule has 1 aromatic heterocycles. The smallest absolute Gasteiger partial charge is 0.266 e. The number of thiophene rings is 1. The zero-order valence-corrected chi connectivity index (χ0v) is 12.9. The Labute approximate surface area is 128 Å². The molecule has 1 aromatic carbocycles. The first-order valence-electron chi connectivity index (χ1n) is 7.29. The summed E-state index contributed by atoms with van der Waals surface area (Å²) in [4.78, 5) is 15.2. The number of fused-ring (bicyclic) bond motifs is 1. The summed E-state index contributed by atoms with van der Waals surface area (Å²) in [5, 5.41) is 9.98. The Morgan fingerprint density at radius 2 is 2.33 bits per heavy atom. The van der Waals surface area contributed by atoms with Gasteiger partial charge < -0.3 is 15.7 Å². The average molecular weight is 304 g/mol. The zero-order chi connectivity index (χ0) is 15.0. The van der Waals surface area contributed by atoms with E-state index in [9.17, 15) is 4.79 Å². The molecule has 0 spiro atoms. The topological polar surface area (TPSA) is 66.6 Å². The first-order chi connectivity index (χ1) is 10.1. The molecular formula is C16H20N2O2S. The third-order valence-corrected chi connectivity index (χ3v) is 5.34. The molecule has 1 unspecified atom stereocenters. The Hall–Kier alpha value is -1.59. The van der Waals surface area contributed by atoms with E-state index in [4.69, 9.17) is 10.8 Å². The zero-order valence-electron chi connectivity index (χ0n) is 12.1. The maximum atomic E-state index is 12.7. The van der Waals surface area contributed by atoms with Gasteiger partial charge in [0.15, 0.2) is 0 Å². The van der Waals surface area contributed by atoms with Crippen molar-refractivity contribution in [3.63, 3.8) is 0 Å². The van der Waals surface area contributed by atoms with E-state index < -0.39 is 0 Å². The highest BCUT2D eigenvalue weighted by molar-refractivity contribution is 7.21. The van der Waals surface area contributed by atoms with Crippen molar-refractivity contribution in [2.45, 2.75) is 19.8 Å². The Kier molecular flexibility index (Phi) is 3.87. The van der Waals surface area contributed by atoms with Gasteiger partial charge in [0.05, 0.1) is 5.69 Å². The molecule has 2 heterocycles. The summed E-state index contributed by atoms with van der Waals surface area (Å²) in [5.74, 6) is 0.448. The number of aliphatic hydroxyl groups excluding tert-OH is 1. The summed E-state index contributed by atoms with van der Waals surface area (Å²) in [5.41, 5.74) is 7.95. The molecule has 21 heavy (non-hydrogen) atoms. The second-order valence-corrected chi connectivity index (χ2v) is 6.81. The lowest BCUT2D eigenvalue weighted by atomic mass is 10.1. The Morgan fingerprint density at radius 3 is 3.10 bits per heavy atom. The second kappa shape index (κ2) is 5.66. The molecule has 0 bridgehead atoms. The van der Waals surface area contributed by atoms with Crippen molar-refractivity contribution in [1.29, 1.82) is 0 Å². The average Bonchev–Trinajstić information content (AvgIpc) is 3.04. The van der Waals surface area contributed by atoms with E-state index in [-0.39, 0.29) is 12.5 Å². The van der Waals surface area contributed by atoms with Gasteiger partial charge >= 0.3 is 0 Å². The lowest BCUT2D eigenvalue weighted by Gasteiger charge is -2.15. The fraction of sp³-hybridized carbons (Fsp3) is 0.438. The van der Waals surface area contributed by atoms with Gasteiger partial charge in [-0.15, -0.1) is 11.3 Å². The summed E-state index contributed by atoms with van der Waals surface area (Å²) in [6.45, 7) is 3.72. The van der Waals surface area contributed by atoms with E-state index >= 15 is 0 Å². The number of anilines is 1. The number of nitrogen functional groups attached to an aromatic ring is 1. The number of nitrogens with two attached hydrogens (primary N) is 1. The van der Waals surface area contributed by atoms with E-state index in [1.807, 2.05) is 24.0 Å². The number of nitrogens with zero attached hydrogens (tertiary/aromatic N) is 1. The molecule has 1 fully saturated rings. The molecule has 0 aliphatic carbocycles. The Bertz CT molecular complexity index is 680. The quantitative estimate of drug-likeness (QED) is 0.916. The number of carbonyl (C=O) groups is 1. The van der Waals surface area contributed by atoms with Gasteiger partial charge in [-0.25, -0.2) is 0 Å². The minimum Gasteiger partial charge on any atom is -0.397 e. The van der Waals surface area contributed by atoms with E-state index in [1.165, 1.54) is 16.9 Å². The van der Waals surface area contributed by atoms with Crippen molar-refractivity contribution in [3.05, 3.63) is 28.6 Å². The van der Waals surface area contributed by atoms with Crippen LogP contribution in [0.5, 0.6) is 0 Å². The Morgan fingerprint density at radius 1 is 1.52 bits per heavy atom. The fourth-order valence-electron chi connectivity index (χ4n) is 2.96.